The van der Waals surface area contributed by atoms with Crippen LogP contribution >= 0.6 is 11.3 Å². The van der Waals surface area contributed by atoms with Gasteiger partial charge in [-0.1, -0.05) is 48.6 Å². The molecule has 0 spiro atoms. The first-order valence-corrected chi connectivity index (χ1v) is 11.0. The second-order valence-corrected chi connectivity index (χ2v) is 8.60. The average molecular weight is 416 g/mol. The molecule has 0 aliphatic rings. The van der Waals surface area contributed by atoms with Gasteiger partial charge in [0.1, 0.15) is 0 Å². The minimum absolute atomic E-state index is 0.0376. The summed E-state index contributed by atoms with van der Waals surface area (Å²) in [7, 11) is 0. The second kappa shape index (κ2) is 8.76. The predicted octanol–water partition coefficient (Wildman–Crippen LogP) is 5.65. The molecule has 0 aliphatic heterocycles. The summed E-state index contributed by atoms with van der Waals surface area (Å²) < 4.78 is 1.10. The summed E-state index contributed by atoms with van der Waals surface area (Å²) in [5, 5.41) is 0.731. The Labute approximate surface area is 181 Å². The molecule has 0 radical (unpaired) electrons. The van der Waals surface area contributed by atoms with Crippen LogP contribution in [0, 0.1) is 13.8 Å². The van der Waals surface area contributed by atoms with Crippen molar-refractivity contribution < 1.29 is 4.79 Å². The third kappa shape index (κ3) is 4.41. The Morgan fingerprint density at radius 3 is 2.43 bits per heavy atom. The molecule has 0 unspecified atom stereocenters. The van der Waals surface area contributed by atoms with Crippen LogP contribution in [0.5, 0.6) is 0 Å². The number of rotatable bonds is 6. The molecule has 2 heterocycles. The van der Waals surface area contributed by atoms with Crippen LogP contribution in [0.3, 0.4) is 0 Å². The Morgan fingerprint density at radius 2 is 1.73 bits per heavy atom. The van der Waals surface area contributed by atoms with Crippen molar-refractivity contribution in [3.63, 3.8) is 0 Å². The van der Waals surface area contributed by atoms with Gasteiger partial charge in [-0.25, -0.2) is 4.98 Å². The first-order chi connectivity index (χ1) is 14.5. The highest BCUT2D eigenvalue weighted by Gasteiger charge is 2.21. The van der Waals surface area contributed by atoms with Crippen LogP contribution in [-0.2, 0) is 24.2 Å². The Morgan fingerprint density at radius 1 is 1.00 bits per heavy atom. The van der Waals surface area contributed by atoms with Gasteiger partial charge < -0.3 is 0 Å². The molecule has 0 saturated carbocycles. The van der Waals surface area contributed by atoms with E-state index in [1.165, 1.54) is 16.7 Å². The van der Waals surface area contributed by atoms with E-state index in [4.69, 9.17) is 4.98 Å². The van der Waals surface area contributed by atoms with Crippen LogP contribution < -0.4 is 4.90 Å². The molecule has 1 amide bonds. The van der Waals surface area contributed by atoms with Crippen molar-refractivity contribution in [2.75, 3.05) is 4.90 Å². The number of hydrogen-bond acceptors (Lipinski definition) is 4. The minimum Gasteiger partial charge on any atom is -0.283 e. The van der Waals surface area contributed by atoms with Crippen LogP contribution in [-0.4, -0.2) is 15.9 Å². The molecular formula is C25H25N3OS. The van der Waals surface area contributed by atoms with Gasteiger partial charge >= 0.3 is 0 Å². The lowest BCUT2D eigenvalue weighted by Crippen LogP contribution is -2.31. The molecule has 0 saturated heterocycles. The highest BCUT2D eigenvalue weighted by Crippen LogP contribution is 2.32. The Bertz CT molecular complexity index is 1130. The first-order valence-electron chi connectivity index (χ1n) is 10.2. The van der Waals surface area contributed by atoms with E-state index in [1.54, 1.807) is 28.6 Å². The van der Waals surface area contributed by atoms with Crippen molar-refractivity contribution >= 4 is 32.6 Å². The number of fused-ring (bicyclic) bond motifs is 1. The van der Waals surface area contributed by atoms with E-state index in [9.17, 15) is 4.79 Å². The fourth-order valence-electron chi connectivity index (χ4n) is 3.38. The predicted molar refractivity (Wildman–Crippen MR) is 124 cm³/mol. The zero-order valence-electron chi connectivity index (χ0n) is 17.6. The molecule has 0 atom stereocenters. The number of nitrogens with zero attached hydrogens (tertiary/aromatic N) is 3. The largest absolute Gasteiger partial charge is 0.283 e. The van der Waals surface area contributed by atoms with Gasteiger partial charge in [0.05, 0.1) is 23.2 Å². The molecule has 0 bridgehead atoms. The summed E-state index contributed by atoms with van der Waals surface area (Å²) in [5.74, 6) is 0.0376. The Hall–Kier alpha value is -3.05. The number of carbonyl (C=O) groups is 1. The fourth-order valence-corrected chi connectivity index (χ4v) is 4.44. The SMILES string of the molecule is CCc1ccc(CC(=O)N(Cc2cccnc2)c2nc3cc(C)c(C)cc3s2)cc1. The molecule has 0 aliphatic carbocycles. The molecule has 2 aromatic carbocycles. The topological polar surface area (TPSA) is 46.1 Å². The highest BCUT2D eigenvalue weighted by atomic mass is 32.1. The maximum absolute atomic E-state index is 13.4. The maximum atomic E-state index is 13.4. The Kier molecular flexibility index (Phi) is 5.91. The maximum Gasteiger partial charge on any atom is 0.233 e. The standard InChI is InChI=1S/C25H25N3OS/c1-4-19-7-9-20(10-8-19)14-24(29)28(16-21-6-5-11-26-15-21)25-27-22-12-17(2)18(3)13-23(22)30-25/h5-13,15H,4,14,16H2,1-3H3. The fraction of sp³-hybridized carbons (Fsp3) is 0.240. The number of benzene rings is 2. The number of aromatic nitrogens is 2. The van der Waals surface area contributed by atoms with Crippen molar-refractivity contribution in [3.05, 3.63) is 88.7 Å². The third-order valence-electron chi connectivity index (χ3n) is 5.37. The molecule has 4 aromatic rings. The molecule has 5 heteroatoms. The van der Waals surface area contributed by atoms with Crippen LogP contribution in [0.25, 0.3) is 10.2 Å². The van der Waals surface area contributed by atoms with Crippen LogP contribution in [0.4, 0.5) is 5.13 Å². The van der Waals surface area contributed by atoms with Crippen molar-refractivity contribution in [2.24, 2.45) is 0 Å². The van der Waals surface area contributed by atoms with Gasteiger partial charge in [0.2, 0.25) is 5.91 Å². The highest BCUT2D eigenvalue weighted by molar-refractivity contribution is 7.22. The molecular weight excluding hydrogens is 390 g/mol. The van der Waals surface area contributed by atoms with Crippen LogP contribution in [0.15, 0.2) is 60.9 Å². The van der Waals surface area contributed by atoms with Crippen LogP contribution in [0.2, 0.25) is 0 Å². The number of pyridine rings is 1. The van der Waals surface area contributed by atoms with Crippen molar-refractivity contribution in [2.45, 2.75) is 40.2 Å². The monoisotopic (exact) mass is 415 g/mol. The van der Waals surface area contributed by atoms with Gasteiger partial charge in [-0.2, -0.15) is 0 Å². The van der Waals surface area contributed by atoms with E-state index in [0.29, 0.717) is 13.0 Å². The zero-order valence-corrected chi connectivity index (χ0v) is 18.4. The van der Waals surface area contributed by atoms with E-state index in [-0.39, 0.29) is 5.91 Å². The van der Waals surface area contributed by atoms with E-state index in [2.05, 4.69) is 50.0 Å². The number of anilines is 1. The second-order valence-electron chi connectivity index (χ2n) is 7.59. The molecule has 4 nitrogen and oxygen atoms in total. The van der Waals surface area contributed by atoms with Gasteiger partial charge in [0, 0.05) is 12.4 Å². The summed E-state index contributed by atoms with van der Waals surface area (Å²) in [6.07, 6.45) is 4.89. The van der Waals surface area contributed by atoms with Gasteiger partial charge in [-0.15, -0.1) is 0 Å². The molecule has 0 N–H and O–H groups in total. The summed E-state index contributed by atoms with van der Waals surface area (Å²) in [6, 6.07) is 16.4. The van der Waals surface area contributed by atoms with Gasteiger partial charge in [-0.05, 0) is 66.3 Å². The van der Waals surface area contributed by atoms with E-state index >= 15 is 0 Å². The van der Waals surface area contributed by atoms with E-state index in [1.807, 2.05) is 24.3 Å². The molecule has 2 aromatic heterocycles. The quantitative estimate of drug-likeness (QED) is 0.409. The molecule has 4 rings (SSSR count). The van der Waals surface area contributed by atoms with Gasteiger partial charge in [0.15, 0.2) is 5.13 Å². The van der Waals surface area contributed by atoms with Gasteiger partial charge in [0.25, 0.3) is 0 Å². The van der Waals surface area contributed by atoms with E-state index < -0.39 is 0 Å². The van der Waals surface area contributed by atoms with Crippen molar-refractivity contribution in [1.82, 2.24) is 9.97 Å². The summed E-state index contributed by atoms with van der Waals surface area (Å²) in [6.45, 7) is 6.78. The average Bonchev–Trinajstić information content (AvgIpc) is 3.15. The summed E-state index contributed by atoms with van der Waals surface area (Å²) >= 11 is 1.57. The van der Waals surface area contributed by atoms with Gasteiger partial charge in [-0.3, -0.25) is 14.7 Å². The molecule has 152 valence electrons. The minimum atomic E-state index is 0.0376. The number of aryl methyl sites for hydroxylation is 3. The molecule has 30 heavy (non-hydrogen) atoms. The first kappa shape index (κ1) is 20.2. The number of amides is 1. The Balaban J connectivity index is 1.67. The lowest BCUT2D eigenvalue weighted by molar-refractivity contribution is -0.118. The summed E-state index contributed by atoms with van der Waals surface area (Å²) in [5.41, 5.74) is 6.66. The molecule has 0 fully saturated rings. The number of thiazole rings is 1. The smallest absolute Gasteiger partial charge is 0.233 e. The van der Waals surface area contributed by atoms with Crippen molar-refractivity contribution in [1.29, 1.82) is 0 Å². The number of carbonyl (C=O) groups excluding carboxylic acids is 1. The zero-order chi connectivity index (χ0) is 21.1. The normalized spacial score (nSPS) is 11.0. The van der Waals surface area contributed by atoms with E-state index in [0.717, 1.165) is 32.9 Å². The van der Waals surface area contributed by atoms with Crippen molar-refractivity contribution in [3.8, 4) is 0 Å². The number of hydrogen-bond donors (Lipinski definition) is 0. The summed E-state index contributed by atoms with van der Waals surface area (Å²) in [4.78, 5) is 24.2. The lowest BCUT2D eigenvalue weighted by atomic mass is 10.1. The third-order valence-corrected chi connectivity index (χ3v) is 6.42. The van der Waals surface area contributed by atoms with Crippen LogP contribution in [0.1, 0.15) is 34.7 Å². The lowest BCUT2D eigenvalue weighted by Gasteiger charge is -2.20.